The standard InChI is InChI=1S/C22H24N4O2/c1-16(26-22(28)19-9-5-6-10-20(19)23-24-26)21(27)25-13-11-18(12-14-25)15-17-7-3-2-4-8-17/h2-10,16,18H,11-15H2,1H3. The molecule has 6 heteroatoms. The van der Waals surface area contributed by atoms with Crippen molar-refractivity contribution in [3.05, 3.63) is 70.5 Å². The number of benzene rings is 2. The molecule has 1 unspecified atom stereocenters. The van der Waals surface area contributed by atoms with Crippen molar-refractivity contribution in [2.24, 2.45) is 5.92 Å². The summed E-state index contributed by atoms with van der Waals surface area (Å²) in [5.74, 6) is 0.523. The van der Waals surface area contributed by atoms with Gasteiger partial charge in [0.25, 0.3) is 5.56 Å². The highest BCUT2D eigenvalue weighted by atomic mass is 16.2. The molecule has 6 nitrogen and oxygen atoms in total. The van der Waals surface area contributed by atoms with Crippen LogP contribution in [0.4, 0.5) is 0 Å². The van der Waals surface area contributed by atoms with E-state index in [0.29, 0.717) is 16.8 Å². The number of nitrogens with zero attached hydrogens (tertiary/aromatic N) is 4. The third kappa shape index (κ3) is 3.67. The van der Waals surface area contributed by atoms with E-state index < -0.39 is 6.04 Å². The Morgan fingerprint density at radius 3 is 2.50 bits per heavy atom. The molecular weight excluding hydrogens is 352 g/mol. The summed E-state index contributed by atoms with van der Waals surface area (Å²) in [7, 11) is 0. The van der Waals surface area contributed by atoms with E-state index in [4.69, 9.17) is 0 Å². The summed E-state index contributed by atoms with van der Waals surface area (Å²) in [6.07, 6.45) is 3.01. The summed E-state index contributed by atoms with van der Waals surface area (Å²) < 4.78 is 1.21. The summed E-state index contributed by atoms with van der Waals surface area (Å²) in [5.41, 5.74) is 1.62. The highest BCUT2D eigenvalue weighted by Gasteiger charge is 2.28. The first-order valence-electron chi connectivity index (χ1n) is 9.80. The third-order valence-electron chi connectivity index (χ3n) is 5.61. The molecule has 4 rings (SSSR count). The van der Waals surface area contributed by atoms with Crippen molar-refractivity contribution < 1.29 is 4.79 Å². The molecule has 0 aliphatic carbocycles. The van der Waals surface area contributed by atoms with Crippen molar-refractivity contribution in [3.63, 3.8) is 0 Å². The van der Waals surface area contributed by atoms with E-state index in [1.807, 2.05) is 17.0 Å². The van der Waals surface area contributed by atoms with Crippen molar-refractivity contribution in [1.82, 2.24) is 19.9 Å². The van der Waals surface area contributed by atoms with E-state index in [2.05, 4.69) is 34.6 Å². The molecule has 1 aliphatic heterocycles. The Kier molecular flexibility index (Phi) is 5.19. The average molecular weight is 376 g/mol. The van der Waals surface area contributed by atoms with E-state index in [0.717, 1.165) is 32.4 Å². The lowest BCUT2D eigenvalue weighted by atomic mass is 9.90. The van der Waals surface area contributed by atoms with Gasteiger partial charge in [0.15, 0.2) is 0 Å². The van der Waals surface area contributed by atoms with Gasteiger partial charge in [0, 0.05) is 13.1 Å². The summed E-state index contributed by atoms with van der Waals surface area (Å²) in [6.45, 7) is 3.16. The van der Waals surface area contributed by atoms with Crippen LogP contribution in [0.25, 0.3) is 10.9 Å². The van der Waals surface area contributed by atoms with Crippen LogP contribution in [-0.2, 0) is 11.2 Å². The maximum Gasteiger partial charge on any atom is 0.278 e. The molecule has 3 aromatic rings. The molecule has 144 valence electrons. The molecule has 1 atom stereocenters. The second-order valence-electron chi connectivity index (χ2n) is 7.49. The van der Waals surface area contributed by atoms with Gasteiger partial charge < -0.3 is 4.90 Å². The minimum absolute atomic E-state index is 0.0650. The van der Waals surface area contributed by atoms with Crippen molar-refractivity contribution in [3.8, 4) is 0 Å². The number of hydrogen-bond donors (Lipinski definition) is 0. The number of hydrogen-bond acceptors (Lipinski definition) is 4. The Balaban J connectivity index is 1.43. The van der Waals surface area contributed by atoms with Crippen LogP contribution in [0.5, 0.6) is 0 Å². The molecule has 0 N–H and O–H groups in total. The van der Waals surface area contributed by atoms with Gasteiger partial charge in [-0.1, -0.05) is 47.7 Å². The van der Waals surface area contributed by atoms with Crippen molar-refractivity contribution in [1.29, 1.82) is 0 Å². The Morgan fingerprint density at radius 1 is 1.07 bits per heavy atom. The molecule has 0 saturated carbocycles. The number of likely N-dealkylation sites (tertiary alicyclic amines) is 1. The van der Waals surface area contributed by atoms with Crippen LogP contribution in [0.2, 0.25) is 0 Å². The van der Waals surface area contributed by atoms with Crippen molar-refractivity contribution in [2.45, 2.75) is 32.2 Å². The zero-order valence-electron chi connectivity index (χ0n) is 16.0. The number of rotatable bonds is 4. The molecule has 0 radical (unpaired) electrons. The van der Waals surface area contributed by atoms with Gasteiger partial charge >= 0.3 is 0 Å². The monoisotopic (exact) mass is 376 g/mol. The van der Waals surface area contributed by atoms with Crippen LogP contribution in [0.15, 0.2) is 59.4 Å². The first-order chi connectivity index (χ1) is 13.6. The largest absolute Gasteiger partial charge is 0.341 e. The molecule has 1 aromatic heterocycles. The van der Waals surface area contributed by atoms with Gasteiger partial charge in [-0.05, 0) is 49.8 Å². The Hall–Kier alpha value is -3.02. The van der Waals surface area contributed by atoms with Crippen LogP contribution in [0.1, 0.15) is 31.4 Å². The molecule has 1 amide bonds. The topological polar surface area (TPSA) is 68.1 Å². The first-order valence-corrected chi connectivity index (χ1v) is 9.80. The van der Waals surface area contributed by atoms with E-state index >= 15 is 0 Å². The predicted molar refractivity (Wildman–Crippen MR) is 108 cm³/mol. The highest BCUT2D eigenvalue weighted by molar-refractivity contribution is 5.81. The van der Waals surface area contributed by atoms with Crippen LogP contribution in [0, 0.1) is 5.92 Å². The molecule has 2 heterocycles. The lowest BCUT2D eigenvalue weighted by molar-refractivity contribution is -0.136. The number of aromatic nitrogens is 3. The van der Waals surface area contributed by atoms with Gasteiger partial charge in [-0.2, -0.15) is 4.68 Å². The van der Waals surface area contributed by atoms with E-state index in [1.165, 1.54) is 10.2 Å². The molecule has 1 fully saturated rings. The van der Waals surface area contributed by atoms with Crippen molar-refractivity contribution in [2.75, 3.05) is 13.1 Å². The Labute approximate surface area is 163 Å². The minimum atomic E-state index is -0.657. The number of amides is 1. The van der Waals surface area contributed by atoms with Gasteiger partial charge in [-0.25, -0.2) is 0 Å². The number of piperidine rings is 1. The average Bonchev–Trinajstić information content (AvgIpc) is 2.74. The minimum Gasteiger partial charge on any atom is -0.341 e. The number of carbonyl (C=O) groups excluding carboxylic acids is 1. The SMILES string of the molecule is CC(C(=O)N1CCC(Cc2ccccc2)CC1)n1nnc2ccccc2c1=O. The Bertz CT molecular complexity index is 1020. The normalized spacial score (nSPS) is 16.2. The lowest BCUT2D eigenvalue weighted by Crippen LogP contribution is -2.44. The van der Waals surface area contributed by atoms with E-state index in [1.54, 1.807) is 25.1 Å². The van der Waals surface area contributed by atoms with Gasteiger partial charge in [0.2, 0.25) is 5.91 Å². The van der Waals surface area contributed by atoms with Crippen LogP contribution in [0.3, 0.4) is 0 Å². The first kappa shape index (κ1) is 18.3. The molecular formula is C22H24N4O2. The predicted octanol–water partition coefficient (Wildman–Crippen LogP) is 2.83. The smallest absolute Gasteiger partial charge is 0.278 e. The van der Waals surface area contributed by atoms with E-state index in [-0.39, 0.29) is 11.5 Å². The van der Waals surface area contributed by atoms with Gasteiger partial charge in [0.1, 0.15) is 11.6 Å². The molecule has 2 aromatic carbocycles. The van der Waals surface area contributed by atoms with E-state index in [9.17, 15) is 9.59 Å². The quantitative estimate of drug-likeness (QED) is 0.702. The fourth-order valence-corrected chi connectivity index (χ4v) is 3.93. The summed E-state index contributed by atoms with van der Waals surface area (Å²) in [4.78, 5) is 27.5. The van der Waals surface area contributed by atoms with Crippen LogP contribution in [-0.4, -0.2) is 38.9 Å². The molecule has 0 spiro atoms. The fraction of sp³-hybridized carbons (Fsp3) is 0.364. The van der Waals surface area contributed by atoms with Gasteiger partial charge in [0.05, 0.1) is 5.39 Å². The highest BCUT2D eigenvalue weighted by Crippen LogP contribution is 2.23. The second kappa shape index (κ2) is 7.92. The zero-order valence-corrected chi connectivity index (χ0v) is 16.0. The lowest BCUT2D eigenvalue weighted by Gasteiger charge is -2.33. The molecule has 1 aliphatic rings. The summed E-state index contributed by atoms with van der Waals surface area (Å²) in [5, 5.41) is 8.58. The maximum absolute atomic E-state index is 13.0. The van der Waals surface area contributed by atoms with Gasteiger partial charge in [-0.3, -0.25) is 9.59 Å². The maximum atomic E-state index is 13.0. The zero-order chi connectivity index (χ0) is 19.5. The van der Waals surface area contributed by atoms with Crippen LogP contribution < -0.4 is 5.56 Å². The molecule has 28 heavy (non-hydrogen) atoms. The second-order valence-corrected chi connectivity index (χ2v) is 7.49. The number of fused-ring (bicyclic) bond motifs is 1. The third-order valence-corrected chi connectivity index (χ3v) is 5.61. The number of carbonyl (C=O) groups is 1. The molecule has 1 saturated heterocycles. The van der Waals surface area contributed by atoms with Crippen molar-refractivity contribution >= 4 is 16.8 Å². The summed E-state index contributed by atoms with van der Waals surface area (Å²) >= 11 is 0. The Morgan fingerprint density at radius 2 is 1.75 bits per heavy atom. The summed E-state index contributed by atoms with van der Waals surface area (Å²) in [6, 6.07) is 16.9. The fourth-order valence-electron chi connectivity index (χ4n) is 3.93. The van der Waals surface area contributed by atoms with Crippen LogP contribution >= 0.6 is 0 Å². The molecule has 0 bridgehead atoms. The van der Waals surface area contributed by atoms with Gasteiger partial charge in [-0.15, -0.1) is 5.10 Å².